The minimum Gasteiger partial charge on any atom is -0.457 e. The number of urea groups is 1. The van der Waals surface area contributed by atoms with Gasteiger partial charge in [-0.3, -0.25) is 9.59 Å². The lowest BCUT2D eigenvalue weighted by Gasteiger charge is -2.17. The number of halogens is 1. The molecule has 0 fully saturated rings. The van der Waals surface area contributed by atoms with Gasteiger partial charge in [-0.05, 0) is 36.2 Å². The van der Waals surface area contributed by atoms with E-state index >= 15 is 0 Å². The van der Waals surface area contributed by atoms with E-state index < -0.39 is 34.7 Å². The Morgan fingerprint density at radius 3 is 2.45 bits per heavy atom. The van der Waals surface area contributed by atoms with E-state index in [1.54, 1.807) is 36.4 Å². The summed E-state index contributed by atoms with van der Waals surface area (Å²) >= 11 is 7.05. The average molecular weight is 488 g/mol. The number of hydrogen-bond donors (Lipinski definition) is 3. The molecule has 168 valence electrons. The third-order valence-corrected chi connectivity index (χ3v) is 6.16. The molecule has 0 radical (unpaired) electrons. The number of esters is 1. The first kappa shape index (κ1) is 24.8. The summed E-state index contributed by atoms with van der Waals surface area (Å²) in [4.78, 5) is 37.0. The van der Waals surface area contributed by atoms with Crippen molar-refractivity contribution in [3.63, 3.8) is 0 Å². The van der Waals surface area contributed by atoms with Crippen LogP contribution in [0.1, 0.15) is 32.6 Å². The number of Topliss-reactive ketones (excluding diaryl/α,β-unsaturated/α-hetero) is 1. The quantitative estimate of drug-likeness (QED) is 0.326. The van der Waals surface area contributed by atoms with E-state index in [2.05, 4.69) is 10.0 Å². The fourth-order valence-corrected chi connectivity index (χ4v) is 4.11. The number of primary amides is 1. The standard InChI is InChI=1S/C19H22ClN3O6S2/c1-31(27,28)22-9-8-14-6-7-17(30-14)16(24)11-29-18(25)10-15(23-19(21)26)12-2-4-13(20)5-3-12/h2-7,15,22H,8-11H2,1H3,(H3,21,23,26). The van der Waals surface area contributed by atoms with E-state index in [4.69, 9.17) is 22.1 Å². The van der Waals surface area contributed by atoms with Crippen LogP contribution in [0.25, 0.3) is 0 Å². The lowest BCUT2D eigenvalue weighted by Crippen LogP contribution is -2.34. The zero-order valence-corrected chi connectivity index (χ0v) is 19.0. The molecule has 2 amide bonds. The summed E-state index contributed by atoms with van der Waals surface area (Å²) in [6.45, 7) is -0.231. The molecule has 0 aliphatic rings. The van der Waals surface area contributed by atoms with Crippen molar-refractivity contribution >= 4 is 50.7 Å². The Bertz CT molecular complexity index is 1040. The molecule has 0 saturated heterocycles. The Morgan fingerprint density at radius 2 is 1.84 bits per heavy atom. The van der Waals surface area contributed by atoms with Crippen molar-refractivity contribution in [1.29, 1.82) is 0 Å². The van der Waals surface area contributed by atoms with Crippen LogP contribution in [0.4, 0.5) is 4.79 Å². The average Bonchev–Trinajstić information content (AvgIpc) is 3.14. The molecule has 31 heavy (non-hydrogen) atoms. The molecular weight excluding hydrogens is 466 g/mol. The summed E-state index contributed by atoms with van der Waals surface area (Å²) in [6.07, 6.45) is 1.29. The van der Waals surface area contributed by atoms with Gasteiger partial charge in [0, 0.05) is 16.4 Å². The second-order valence-corrected chi connectivity index (χ2v) is 10.0. The van der Waals surface area contributed by atoms with Crippen LogP contribution in [0.5, 0.6) is 0 Å². The van der Waals surface area contributed by atoms with Crippen LogP contribution in [-0.2, 0) is 26.0 Å². The summed E-state index contributed by atoms with van der Waals surface area (Å²) in [5, 5.41) is 2.96. The summed E-state index contributed by atoms with van der Waals surface area (Å²) in [6, 6.07) is 8.30. The van der Waals surface area contributed by atoms with Gasteiger partial charge in [0.15, 0.2) is 6.61 Å². The van der Waals surface area contributed by atoms with Crippen LogP contribution in [-0.4, -0.2) is 45.6 Å². The highest BCUT2D eigenvalue weighted by Gasteiger charge is 2.20. The highest BCUT2D eigenvalue weighted by molar-refractivity contribution is 7.88. The van der Waals surface area contributed by atoms with Crippen LogP contribution < -0.4 is 15.8 Å². The Kier molecular flexibility index (Phi) is 8.99. The number of amides is 2. The molecule has 1 atom stereocenters. The molecular formula is C19H22ClN3O6S2. The molecule has 0 spiro atoms. The first-order valence-electron chi connectivity index (χ1n) is 9.07. The van der Waals surface area contributed by atoms with Gasteiger partial charge < -0.3 is 15.8 Å². The van der Waals surface area contributed by atoms with E-state index in [1.165, 1.54) is 11.3 Å². The normalized spacial score (nSPS) is 12.2. The molecule has 2 rings (SSSR count). The topological polar surface area (TPSA) is 145 Å². The third kappa shape index (κ3) is 9.05. The van der Waals surface area contributed by atoms with Gasteiger partial charge in [-0.25, -0.2) is 17.9 Å². The van der Waals surface area contributed by atoms with Gasteiger partial charge in [-0.2, -0.15) is 0 Å². The molecule has 2 aromatic rings. The SMILES string of the molecule is CS(=O)(=O)NCCc1ccc(C(=O)COC(=O)CC(NC(N)=O)c2ccc(Cl)cc2)s1. The molecule has 1 aromatic carbocycles. The zero-order valence-electron chi connectivity index (χ0n) is 16.6. The first-order chi connectivity index (χ1) is 14.5. The number of carbonyl (C=O) groups excluding carboxylic acids is 3. The Labute approximate surface area is 189 Å². The van der Waals surface area contributed by atoms with Crippen molar-refractivity contribution in [2.24, 2.45) is 5.73 Å². The minimum absolute atomic E-state index is 0.218. The van der Waals surface area contributed by atoms with Crippen LogP contribution >= 0.6 is 22.9 Å². The monoisotopic (exact) mass is 487 g/mol. The number of sulfonamides is 1. The molecule has 9 nitrogen and oxygen atoms in total. The van der Waals surface area contributed by atoms with Gasteiger partial charge in [0.05, 0.1) is 23.6 Å². The molecule has 4 N–H and O–H groups in total. The van der Waals surface area contributed by atoms with Crippen molar-refractivity contribution < 1.29 is 27.5 Å². The largest absolute Gasteiger partial charge is 0.457 e. The lowest BCUT2D eigenvalue weighted by molar-refractivity contribution is -0.143. The van der Waals surface area contributed by atoms with Crippen molar-refractivity contribution in [3.05, 3.63) is 56.7 Å². The molecule has 0 aliphatic heterocycles. The van der Waals surface area contributed by atoms with Crippen molar-refractivity contribution in [3.8, 4) is 0 Å². The summed E-state index contributed by atoms with van der Waals surface area (Å²) in [5.74, 6) is -1.07. The van der Waals surface area contributed by atoms with Crippen molar-refractivity contribution in [2.45, 2.75) is 18.9 Å². The summed E-state index contributed by atoms with van der Waals surface area (Å²) < 4.78 is 29.6. The molecule has 1 heterocycles. The number of ether oxygens (including phenoxy) is 1. The highest BCUT2D eigenvalue weighted by Crippen LogP contribution is 2.21. The predicted molar refractivity (Wildman–Crippen MR) is 118 cm³/mol. The molecule has 1 unspecified atom stereocenters. The van der Waals surface area contributed by atoms with E-state index in [9.17, 15) is 22.8 Å². The number of carbonyl (C=O) groups is 3. The maximum absolute atomic E-state index is 12.3. The second kappa shape index (κ2) is 11.2. The van der Waals surface area contributed by atoms with E-state index in [0.717, 1.165) is 11.1 Å². The summed E-state index contributed by atoms with van der Waals surface area (Å²) in [7, 11) is -3.27. The van der Waals surface area contributed by atoms with Gasteiger partial charge in [0.2, 0.25) is 15.8 Å². The number of nitrogens with two attached hydrogens (primary N) is 1. The van der Waals surface area contributed by atoms with E-state index in [1.807, 2.05) is 0 Å². The van der Waals surface area contributed by atoms with Gasteiger partial charge in [0.1, 0.15) is 0 Å². The molecule has 1 aromatic heterocycles. The zero-order chi connectivity index (χ0) is 23.0. The van der Waals surface area contributed by atoms with Crippen LogP contribution in [0.3, 0.4) is 0 Å². The highest BCUT2D eigenvalue weighted by atomic mass is 35.5. The van der Waals surface area contributed by atoms with Crippen LogP contribution in [0, 0.1) is 0 Å². The fraction of sp³-hybridized carbons (Fsp3) is 0.316. The Morgan fingerprint density at radius 1 is 1.16 bits per heavy atom. The van der Waals surface area contributed by atoms with E-state index in [0.29, 0.717) is 21.9 Å². The van der Waals surface area contributed by atoms with Crippen molar-refractivity contribution in [2.75, 3.05) is 19.4 Å². The number of rotatable bonds is 11. The fourth-order valence-electron chi connectivity index (χ4n) is 2.58. The second-order valence-electron chi connectivity index (χ2n) is 6.58. The van der Waals surface area contributed by atoms with Crippen LogP contribution in [0.15, 0.2) is 36.4 Å². The molecule has 0 bridgehead atoms. The molecule has 0 saturated carbocycles. The van der Waals surface area contributed by atoms with Gasteiger partial charge in [0.25, 0.3) is 0 Å². The first-order valence-corrected chi connectivity index (χ1v) is 12.2. The maximum Gasteiger partial charge on any atom is 0.312 e. The van der Waals surface area contributed by atoms with Gasteiger partial charge in [-0.15, -0.1) is 11.3 Å². The van der Waals surface area contributed by atoms with Crippen LogP contribution in [0.2, 0.25) is 5.02 Å². The molecule has 0 aliphatic carbocycles. The lowest BCUT2D eigenvalue weighted by atomic mass is 10.0. The maximum atomic E-state index is 12.3. The Balaban J connectivity index is 1.88. The van der Waals surface area contributed by atoms with Gasteiger partial charge in [-0.1, -0.05) is 23.7 Å². The van der Waals surface area contributed by atoms with Gasteiger partial charge >= 0.3 is 12.0 Å². The smallest absolute Gasteiger partial charge is 0.312 e. The Hall–Kier alpha value is -2.47. The number of hydrogen-bond acceptors (Lipinski definition) is 7. The van der Waals surface area contributed by atoms with Crippen molar-refractivity contribution in [1.82, 2.24) is 10.0 Å². The number of ketones is 1. The molecule has 12 heteroatoms. The summed E-state index contributed by atoms with van der Waals surface area (Å²) in [5.41, 5.74) is 5.78. The minimum atomic E-state index is -3.27. The number of nitrogens with one attached hydrogen (secondary N) is 2. The third-order valence-electron chi connectivity index (χ3n) is 4.00. The van der Waals surface area contributed by atoms with E-state index in [-0.39, 0.29) is 18.7 Å². The number of benzene rings is 1. The predicted octanol–water partition coefficient (Wildman–Crippen LogP) is 2.02. The number of thiophene rings is 1.